The molecular weight excluding hydrogens is 440 g/mol. The molecule has 0 aliphatic rings. The number of methoxy groups -OCH3 is 1. The van der Waals surface area contributed by atoms with Crippen molar-refractivity contribution in [2.75, 3.05) is 17.1 Å². The summed E-state index contributed by atoms with van der Waals surface area (Å²) in [4.78, 5) is 12.8. The Bertz CT molecular complexity index is 1210. The Morgan fingerprint density at radius 1 is 0.939 bits per heavy atom. The van der Waals surface area contributed by atoms with Gasteiger partial charge in [0.05, 0.1) is 12.0 Å². The number of rotatable bonds is 9. The average Bonchev–Trinajstić information content (AvgIpc) is 2.80. The first-order chi connectivity index (χ1) is 15.7. The van der Waals surface area contributed by atoms with Crippen molar-refractivity contribution in [2.24, 2.45) is 0 Å². The zero-order chi connectivity index (χ0) is 24.0. The molecule has 1 atom stereocenters. The summed E-state index contributed by atoms with van der Waals surface area (Å²) in [6.07, 6.45) is -0.192. The van der Waals surface area contributed by atoms with Gasteiger partial charge in [0.1, 0.15) is 11.5 Å². The zero-order valence-electron chi connectivity index (χ0n) is 19.1. The van der Waals surface area contributed by atoms with Gasteiger partial charge in [-0.05, 0) is 86.0 Å². The number of benzene rings is 3. The second-order valence-corrected chi connectivity index (χ2v) is 9.24. The van der Waals surface area contributed by atoms with Gasteiger partial charge in [-0.1, -0.05) is 19.1 Å². The Hall–Kier alpha value is -3.52. The maximum absolute atomic E-state index is 12.7. The fourth-order valence-corrected chi connectivity index (χ4v) is 4.20. The van der Waals surface area contributed by atoms with E-state index < -0.39 is 16.1 Å². The van der Waals surface area contributed by atoms with E-state index in [0.29, 0.717) is 29.3 Å². The highest BCUT2D eigenvalue weighted by molar-refractivity contribution is 7.92. The van der Waals surface area contributed by atoms with Crippen LogP contribution in [0.3, 0.4) is 0 Å². The topological polar surface area (TPSA) is 93.7 Å². The first-order valence-electron chi connectivity index (χ1n) is 10.5. The van der Waals surface area contributed by atoms with Crippen molar-refractivity contribution in [3.63, 3.8) is 0 Å². The van der Waals surface area contributed by atoms with Crippen LogP contribution in [0.25, 0.3) is 0 Å². The van der Waals surface area contributed by atoms with E-state index in [2.05, 4.69) is 10.0 Å². The van der Waals surface area contributed by atoms with Crippen LogP contribution in [-0.4, -0.2) is 27.5 Å². The van der Waals surface area contributed by atoms with Gasteiger partial charge in [-0.2, -0.15) is 0 Å². The molecule has 0 spiro atoms. The van der Waals surface area contributed by atoms with Crippen molar-refractivity contribution in [1.29, 1.82) is 0 Å². The molecule has 0 radical (unpaired) electrons. The predicted molar refractivity (Wildman–Crippen MR) is 129 cm³/mol. The third kappa shape index (κ3) is 6.04. The van der Waals surface area contributed by atoms with Crippen molar-refractivity contribution >= 4 is 27.3 Å². The number of carbonyl (C=O) groups is 1. The fraction of sp³-hybridized carbons (Fsp3) is 0.240. The quantitative estimate of drug-likeness (QED) is 0.465. The van der Waals surface area contributed by atoms with Gasteiger partial charge in [0.2, 0.25) is 0 Å². The van der Waals surface area contributed by atoms with E-state index in [4.69, 9.17) is 9.47 Å². The summed E-state index contributed by atoms with van der Waals surface area (Å²) in [5, 5.41) is 2.80. The second kappa shape index (κ2) is 10.4. The van der Waals surface area contributed by atoms with Gasteiger partial charge in [-0.15, -0.1) is 0 Å². The van der Waals surface area contributed by atoms with Crippen molar-refractivity contribution < 1.29 is 22.7 Å². The number of nitrogens with one attached hydrogen (secondary N) is 2. The van der Waals surface area contributed by atoms with E-state index in [-0.39, 0.29) is 10.8 Å². The fourth-order valence-electron chi connectivity index (χ4n) is 3.14. The van der Waals surface area contributed by atoms with Crippen LogP contribution in [0.4, 0.5) is 11.4 Å². The van der Waals surface area contributed by atoms with Crippen LogP contribution in [0.5, 0.6) is 11.5 Å². The summed E-state index contributed by atoms with van der Waals surface area (Å²) in [6.45, 7) is 5.81. The van der Waals surface area contributed by atoms with Gasteiger partial charge in [0, 0.05) is 11.4 Å². The lowest BCUT2D eigenvalue weighted by Crippen LogP contribution is -2.32. The molecule has 0 saturated carbocycles. The Morgan fingerprint density at radius 3 is 2.18 bits per heavy atom. The lowest BCUT2D eigenvalue weighted by molar-refractivity contribution is -0.122. The normalized spacial score (nSPS) is 12.0. The largest absolute Gasteiger partial charge is 0.497 e. The van der Waals surface area contributed by atoms with E-state index in [0.717, 1.165) is 11.1 Å². The highest BCUT2D eigenvalue weighted by atomic mass is 32.2. The molecule has 0 fully saturated rings. The van der Waals surface area contributed by atoms with Crippen LogP contribution in [0.1, 0.15) is 24.5 Å². The summed E-state index contributed by atoms with van der Waals surface area (Å²) in [6, 6.07) is 18.3. The van der Waals surface area contributed by atoms with E-state index in [1.165, 1.54) is 19.2 Å². The Morgan fingerprint density at radius 2 is 1.58 bits per heavy atom. The lowest BCUT2D eigenvalue weighted by atomic mass is 10.1. The summed E-state index contributed by atoms with van der Waals surface area (Å²) in [5.74, 6) is 0.999. The minimum Gasteiger partial charge on any atom is -0.497 e. The highest BCUT2D eigenvalue weighted by Crippen LogP contribution is 2.24. The van der Waals surface area contributed by atoms with E-state index >= 15 is 0 Å². The Balaban J connectivity index is 1.67. The molecule has 174 valence electrons. The van der Waals surface area contributed by atoms with Gasteiger partial charge in [-0.3, -0.25) is 9.52 Å². The van der Waals surface area contributed by atoms with E-state index in [1.54, 1.807) is 36.4 Å². The first kappa shape index (κ1) is 24.1. The predicted octanol–water partition coefficient (Wildman–Crippen LogP) is 4.91. The smallest absolute Gasteiger partial charge is 0.265 e. The molecule has 0 aliphatic carbocycles. The van der Waals surface area contributed by atoms with Crippen molar-refractivity contribution in [1.82, 2.24) is 0 Å². The monoisotopic (exact) mass is 468 g/mol. The number of hydrogen-bond donors (Lipinski definition) is 2. The molecular formula is C25H28N2O5S. The van der Waals surface area contributed by atoms with E-state index in [9.17, 15) is 13.2 Å². The maximum atomic E-state index is 12.7. The maximum Gasteiger partial charge on any atom is 0.265 e. The van der Waals surface area contributed by atoms with Crippen LogP contribution in [0.2, 0.25) is 0 Å². The average molecular weight is 469 g/mol. The number of anilines is 2. The summed E-state index contributed by atoms with van der Waals surface area (Å²) < 4.78 is 38.9. The molecule has 8 heteroatoms. The van der Waals surface area contributed by atoms with Crippen molar-refractivity contribution in [2.45, 2.75) is 38.2 Å². The van der Waals surface area contributed by atoms with Crippen LogP contribution in [0, 0.1) is 13.8 Å². The molecule has 0 aromatic heterocycles. The van der Waals surface area contributed by atoms with Crippen molar-refractivity contribution in [3.8, 4) is 11.5 Å². The lowest BCUT2D eigenvalue weighted by Gasteiger charge is -2.19. The summed E-state index contributed by atoms with van der Waals surface area (Å²) in [7, 11) is -2.24. The number of ether oxygens (including phenoxy) is 2. The van der Waals surface area contributed by atoms with Crippen LogP contribution >= 0.6 is 0 Å². The van der Waals surface area contributed by atoms with Gasteiger partial charge < -0.3 is 14.8 Å². The minimum atomic E-state index is -3.78. The molecule has 3 aromatic rings. The van der Waals surface area contributed by atoms with Gasteiger partial charge in [0.25, 0.3) is 15.9 Å². The van der Waals surface area contributed by atoms with Gasteiger partial charge in [-0.25, -0.2) is 8.42 Å². The number of hydrogen-bond acceptors (Lipinski definition) is 5. The second-order valence-electron chi connectivity index (χ2n) is 7.56. The van der Waals surface area contributed by atoms with Gasteiger partial charge in [0.15, 0.2) is 6.10 Å². The third-order valence-corrected chi connectivity index (χ3v) is 6.66. The zero-order valence-corrected chi connectivity index (χ0v) is 19.9. The number of carbonyl (C=O) groups excluding carboxylic acids is 1. The highest BCUT2D eigenvalue weighted by Gasteiger charge is 2.20. The molecule has 7 nitrogen and oxygen atoms in total. The standard InChI is InChI=1S/C25H28N2O5S/c1-5-23(32-24-8-6-7-17(2)18(24)3)25(28)26-19-11-15-22(16-12-19)33(29,30)27-20-9-13-21(31-4)14-10-20/h6-16,23,27H,5H2,1-4H3,(H,26,28). The van der Waals surface area contributed by atoms with Crippen LogP contribution in [-0.2, 0) is 14.8 Å². The minimum absolute atomic E-state index is 0.0787. The molecule has 1 unspecified atom stereocenters. The molecule has 0 saturated heterocycles. The molecule has 0 aliphatic heterocycles. The van der Waals surface area contributed by atoms with Gasteiger partial charge >= 0.3 is 0 Å². The third-order valence-electron chi connectivity index (χ3n) is 5.26. The Kier molecular flexibility index (Phi) is 7.60. The van der Waals surface area contributed by atoms with Crippen LogP contribution in [0.15, 0.2) is 71.6 Å². The molecule has 33 heavy (non-hydrogen) atoms. The molecule has 1 amide bonds. The van der Waals surface area contributed by atoms with Crippen LogP contribution < -0.4 is 19.5 Å². The number of amides is 1. The molecule has 0 bridgehead atoms. The molecule has 0 heterocycles. The molecule has 3 aromatic carbocycles. The summed E-state index contributed by atoms with van der Waals surface area (Å²) in [5.41, 5.74) is 2.97. The number of sulfonamides is 1. The number of aryl methyl sites for hydroxylation is 1. The SMILES string of the molecule is CCC(Oc1cccc(C)c1C)C(=O)Nc1ccc(S(=O)(=O)Nc2ccc(OC)cc2)cc1. The molecule has 2 N–H and O–H groups in total. The molecule has 3 rings (SSSR count). The Labute approximate surface area is 194 Å². The van der Waals surface area contributed by atoms with E-state index in [1.807, 2.05) is 39.0 Å². The van der Waals surface area contributed by atoms with Crippen molar-refractivity contribution in [3.05, 3.63) is 77.9 Å². The summed E-state index contributed by atoms with van der Waals surface area (Å²) >= 11 is 0. The first-order valence-corrected chi connectivity index (χ1v) is 12.0.